The molecule has 0 fully saturated rings. The third-order valence-electron chi connectivity index (χ3n) is 6.19. The van der Waals surface area contributed by atoms with E-state index in [4.69, 9.17) is 9.72 Å². The molecule has 1 aromatic carbocycles. The zero-order valence-corrected chi connectivity index (χ0v) is 20.5. The van der Waals surface area contributed by atoms with E-state index < -0.39 is 0 Å². The normalized spacial score (nSPS) is 11.3. The highest BCUT2D eigenvalue weighted by molar-refractivity contribution is 5.78. The number of fused-ring (bicyclic) bond motifs is 1. The van der Waals surface area contributed by atoms with Crippen LogP contribution in [0.25, 0.3) is 11.0 Å². The molecule has 0 spiro atoms. The van der Waals surface area contributed by atoms with Crippen molar-refractivity contribution in [2.75, 3.05) is 13.7 Å². The molecule has 0 radical (unpaired) electrons. The fourth-order valence-electron chi connectivity index (χ4n) is 4.33. The summed E-state index contributed by atoms with van der Waals surface area (Å²) in [6.45, 7) is 3.76. The standard InChI is InChI=1S/C27H45N3O2/c1-3-4-5-6-7-8-9-10-11-12-13-14-15-18-21-30-25-20-17-16-19-24(25)29-26(30)22-28-27(31)23-32-2/h16-17,19-20H,3-15,18,21-23H2,1-2H3,(H,28,31). The molecular weight excluding hydrogens is 398 g/mol. The van der Waals surface area contributed by atoms with Crippen LogP contribution < -0.4 is 5.32 Å². The van der Waals surface area contributed by atoms with Gasteiger partial charge in [0.1, 0.15) is 12.4 Å². The van der Waals surface area contributed by atoms with E-state index in [0.29, 0.717) is 6.54 Å². The quantitative estimate of drug-likeness (QED) is 0.243. The number of carbonyl (C=O) groups excluding carboxylic acids is 1. The number of methoxy groups -OCH3 is 1. The number of ether oxygens (including phenoxy) is 1. The van der Waals surface area contributed by atoms with Gasteiger partial charge in [-0.25, -0.2) is 4.98 Å². The lowest BCUT2D eigenvalue weighted by atomic mass is 10.0. The van der Waals surface area contributed by atoms with Crippen LogP contribution in [-0.2, 0) is 22.6 Å². The molecule has 0 aliphatic carbocycles. The molecule has 5 nitrogen and oxygen atoms in total. The first-order valence-corrected chi connectivity index (χ1v) is 13.0. The summed E-state index contributed by atoms with van der Waals surface area (Å²) < 4.78 is 7.17. The zero-order chi connectivity index (χ0) is 22.9. The van der Waals surface area contributed by atoms with E-state index in [1.165, 1.54) is 90.6 Å². The summed E-state index contributed by atoms with van der Waals surface area (Å²) in [5.41, 5.74) is 2.15. The number of nitrogens with one attached hydrogen (secondary N) is 1. The van der Waals surface area contributed by atoms with Crippen molar-refractivity contribution in [3.05, 3.63) is 30.1 Å². The van der Waals surface area contributed by atoms with Gasteiger partial charge in [-0.3, -0.25) is 4.79 Å². The molecule has 1 aromatic heterocycles. The number of imidazole rings is 1. The molecule has 0 unspecified atom stereocenters. The van der Waals surface area contributed by atoms with Gasteiger partial charge in [0, 0.05) is 13.7 Å². The Kier molecular flexibility index (Phi) is 13.8. The molecule has 32 heavy (non-hydrogen) atoms. The summed E-state index contributed by atoms with van der Waals surface area (Å²) in [5, 5.41) is 2.91. The van der Waals surface area contributed by atoms with Crippen molar-refractivity contribution in [3.8, 4) is 0 Å². The third-order valence-corrected chi connectivity index (χ3v) is 6.19. The van der Waals surface area contributed by atoms with Crippen molar-refractivity contribution in [2.24, 2.45) is 0 Å². The Bertz CT molecular complexity index is 756. The van der Waals surface area contributed by atoms with Crippen molar-refractivity contribution < 1.29 is 9.53 Å². The molecule has 2 rings (SSSR count). The minimum Gasteiger partial charge on any atom is -0.375 e. The van der Waals surface area contributed by atoms with E-state index in [-0.39, 0.29) is 12.5 Å². The maximum absolute atomic E-state index is 11.8. The summed E-state index contributed by atoms with van der Waals surface area (Å²) >= 11 is 0. The fraction of sp³-hybridized carbons (Fsp3) is 0.704. The van der Waals surface area contributed by atoms with Gasteiger partial charge >= 0.3 is 0 Å². The lowest BCUT2D eigenvalue weighted by Crippen LogP contribution is -2.28. The lowest BCUT2D eigenvalue weighted by Gasteiger charge is -2.10. The van der Waals surface area contributed by atoms with E-state index >= 15 is 0 Å². The van der Waals surface area contributed by atoms with Crippen LogP contribution in [0.5, 0.6) is 0 Å². The number of hydrogen-bond donors (Lipinski definition) is 1. The molecule has 180 valence electrons. The molecule has 1 heterocycles. The number of benzene rings is 1. The number of hydrogen-bond acceptors (Lipinski definition) is 3. The monoisotopic (exact) mass is 443 g/mol. The number of carbonyl (C=O) groups is 1. The molecule has 0 saturated carbocycles. The minimum atomic E-state index is -0.109. The van der Waals surface area contributed by atoms with Gasteiger partial charge in [0.05, 0.1) is 17.6 Å². The van der Waals surface area contributed by atoms with Crippen molar-refractivity contribution >= 4 is 16.9 Å². The smallest absolute Gasteiger partial charge is 0.246 e. The van der Waals surface area contributed by atoms with Crippen molar-refractivity contribution in [1.29, 1.82) is 0 Å². The number of aryl methyl sites for hydroxylation is 1. The van der Waals surface area contributed by atoms with Crippen LogP contribution >= 0.6 is 0 Å². The van der Waals surface area contributed by atoms with Crippen LogP contribution in [-0.4, -0.2) is 29.2 Å². The summed E-state index contributed by atoms with van der Waals surface area (Å²) in [6, 6.07) is 8.22. The molecule has 5 heteroatoms. The SMILES string of the molecule is CCCCCCCCCCCCCCCCn1c(CNC(=O)COC)nc2ccccc21. The number of aromatic nitrogens is 2. The highest BCUT2D eigenvalue weighted by Crippen LogP contribution is 2.18. The van der Waals surface area contributed by atoms with Crippen LogP contribution in [0, 0.1) is 0 Å². The Hall–Kier alpha value is -1.88. The first-order valence-electron chi connectivity index (χ1n) is 13.0. The van der Waals surface area contributed by atoms with E-state index in [9.17, 15) is 4.79 Å². The van der Waals surface area contributed by atoms with Gasteiger partial charge in [-0.05, 0) is 18.6 Å². The van der Waals surface area contributed by atoms with Crippen LogP contribution in [0.2, 0.25) is 0 Å². The van der Waals surface area contributed by atoms with Crippen LogP contribution in [0.4, 0.5) is 0 Å². The van der Waals surface area contributed by atoms with Crippen LogP contribution in [0.15, 0.2) is 24.3 Å². The minimum absolute atomic E-state index is 0.0825. The summed E-state index contributed by atoms with van der Waals surface area (Å²) in [5.74, 6) is 0.813. The van der Waals surface area contributed by atoms with Crippen molar-refractivity contribution in [3.63, 3.8) is 0 Å². The molecular formula is C27H45N3O2. The number of rotatable bonds is 19. The van der Waals surface area contributed by atoms with Crippen LogP contribution in [0.3, 0.4) is 0 Å². The zero-order valence-electron chi connectivity index (χ0n) is 20.5. The Labute approximate surface area is 195 Å². The highest BCUT2D eigenvalue weighted by atomic mass is 16.5. The van der Waals surface area contributed by atoms with Crippen molar-refractivity contribution in [2.45, 2.75) is 110 Å². The first-order chi connectivity index (χ1) is 15.8. The Balaban J connectivity index is 1.60. The van der Waals surface area contributed by atoms with E-state index in [0.717, 1.165) is 29.8 Å². The van der Waals surface area contributed by atoms with E-state index in [1.54, 1.807) is 0 Å². The molecule has 0 aliphatic rings. The molecule has 0 saturated heterocycles. The summed E-state index contributed by atoms with van der Waals surface area (Å²) in [7, 11) is 1.53. The van der Waals surface area contributed by atoms with E-state index in [2.05, 4.69) is 28.9 Å². The number of para-hydroxylation sites is 2. The Morgan fingerprint density at radius 3 is 2.03 bits per heavy atom. The third kappa shape index (κ3) is 10.2. The summed E-state index contributed by atoms with van der Waals surface area (Å²) in [4.78, 5) is 16.5. The maximum atomic E-state index is 11.8. The molecule has 0 bridgehead atoms. The molecule has 2 aromatic rings. The molecule has 1 amide bonds. The van der Waals surface area contributed by atoms with E-state index in [1.807, 2.05) is 12.1 Å². The average Bonchev–Trinajstić information content (AvgIpc) is 3.15. The second kappa shape index (κ2) is 16.7. The van der Waals surface area contributed by atoms with Gasteiger partial charge in [0.25, 0.3) is 0 Å². The molecule has 1 N–H and O–H groups in total. The first kappa shape index (κ1) is 26.4. The highest BCUT2D eigenvalue weighted by Gasteiger charge is 2.11. The maximum Gasteiger partial charge on any atom is 0.246 e. The van der Waals surface area contributed by atoms with Gasteiger partial charge in [0.15, 0.2) is 0 Å². The van der Waals surface area contributed by atoms with Gasteiger partial charge in [0.2, 0.25) is 5.91 Å². The van der Waals surface area contributed by atoms with Gasteiger partial charge in [-0.1, -0.05) is 103 Å². The fourth-order valence-corrected chi connectivity index (χ4v) is 4.33. The largest absolute Gasteiger partial charge is 0.375 e. The Morgan fingerprint density at radius 2 is 1.44 bits per heavy atom. The lowest BCUT2D eigenvalue weighted by molar-refractivity contribution is -0.124. The van der Waals surface area contributed by atoms with Gasteiger partial charge < -0.3 is 14.6 Å². The second-order valence-electron chi connectivity index (χ2n) is 8.97. The number of amides is 1. The topological polar surface area (TPSA) is 56.2 Å². The Morgan fingerprint density at radius 1 is 0.875 bits per heavy atom. The second-order valence-corrected chi connectivity index (χ2v) is 8.97. The average molecular weight is 444 g/mol. The molecule has 0 aliphatic heterocycles. The number of nitrogens with zero attached hydrogens (tertiary/aromatic N) is 2. The number of unbranched alkanes of at least 4 members (excludes halogenated alkanes) is 13. The predicted molar refractivity (Wildman–Crippen MR) is 134 cm³/mol. The van der Waals surface area contributed by atoms with Crippen molar-refractivity contribution in [1.82, 2.24) is 14.9 Å². The summed E-state index contributed by atoms with van der Waals surface area (Å²) in [6.07, 6.45) is 19.1. The van der Waals surface area contributed by atoms with Crippen LogP contribution in [0.1, 0.15) is 103 Å². The molecule has 0 atom stereocenters. The predicted octanol–water partition coefficient (Wildman–Crippen LogP) is 6.78. The van der Waals surface area contributed by atoms with Gasteiger partial charge in [-0.2, -0.15) is 0 Å². The van der Waals surface area contributed by atoms with Gasteiger partial charge in [-0.15, -0.1) is 0 Å².